The van der Waals surface area contributed by atoms with E-state index in [0.717, 1.165) is 0 Å². The zero-order chi connectivity index (χ0) is 19.6. The Morgan fingerprint density at radius 1 is 1.38 bits per heavy atom. The summed E-state index contributed by atoms with van der Waals surface area (Å²) in [4.78, 5) is 22.4. The van der Waals surface area contributed by atoms with Crippen molar-refractivity contribution in [3.8, 4) is 11.6 Å². The van der Waals surface area contributed by atoms with Crippen LogP contribution in [0, 0.1) is 17.0 Å². The van der Waals surface area contributed by atoms with Crippen LogP contribution in [0.4, 0.5) is 16.2 Å². The number of benzene rings is 1. The number of amides is 1. The molecule has 0 spiro atoms. The van der Waals surface area contributed by atoms with Crippen molar-refractivity contribution in [2.75, 3.05) is 5.32 Å². The van der Waals surface area contributed by atoms with Crippen LogP contribution in [-0.2, 0) is 11.8 Å². The molecule has 0 radical (unpaired) electrons. The van der Waals surface area contributed by atoms with E-state index in [0.29, 0.717) is 5.69 Å². The number of anilines is 1. The number of ether oxygens (including phenoxy) is 2. The van der Waals surface area contributed by atoms with Gasteiger partial charge in [-0.05, 0) is 45.9 Å². The number of nitro groups is 1. The number of hydrogen-bond acceptors (Lipinski definition) is 6. The van der Waals surface area contributed by atoms with Gasteiger partial charge in [0.1, 0.15) is 17.0 Å². The molecule has 2 aromatic rings. The maximum atomic E-state index is 11.8. The SMILES string of the molecule is Cc1nn(C)c(Oc2ccc(NC(=O)OC(C)(C)C)cc2Cl)c1[N+](=O)[O-]. The van der Waals surface area contributed by atoms with Gasteiger partial charge in [0.2, 0.25) is 0 Å². The molecule has 1 aromatic heterocycles. The van der Waals surface area contributed by atoms with Gasteiger partial charge >= 0.3 is 11.8 Å². The molecule has 9 nitrogen and oxygen atoms in total. The second kappa shape index (κ2) is 7.20. The van der Waals surface area contributed by atoms with Crippen LogP contribution in [0.25, 0.3) is 0 Å². The van der Waals surface area contributed by atoms with Crippen LogP contribution >= 0.6 is 11.6 Å². The van der Waals surface area contributed by atoms with E-state index in [-0.39, 0.29) is 28.0 Å². The van der Waals surface area contributed by atoms with Crippen LogP contribution in [0.15, 0.2) is 18.2 Å². The summed E-state index contributed by atoms with van der Waals surface area (Å²) in [5, 5.41) is 17.9. The highest BCUT2D eigenvalue weighted by molar-refractivity contribution is 6.32. The lowest BCUT2D eigenvalue weighted by molar-refractivity contribution is -0.386. The van der Waals surface area contributed by atoms with Gasteiger partial charge in [0.25, 0.3) is 5.88 Å². The Kier molecular flexibility index (Phi) is 5.41. The first-order valence-electron chi connectivity index (χ1n) is 7.63. The van der Waals surface area contributed by atoms with Crippen LogP contribution in [0.5, 0.6) is 11.6 Å². The number of carbonyl (C=O) groups excluding carboxylic acids is 1. The number of aromatic nitrogens is 2. The highest BCUT2D eigenvalue weighted by Crippen LogP contribution is 2.37. The molecule has 1 amide bonds. The maximum Gasteiger partial charge on any atom is 0.412 e. The van der Waals surface area contributed by atoms with Gasteiger partial charge in [0, 0.05) is 12.7 Å². The summed E-state index contributed by atoms with van der Waals surface area (Å²) < 4.78 is 12.0. The van der Waals surface area contributed by atoms with E-state index in [1.165, 1.54) is 30.8 Å². The Morgan fingerprint density at radius 3 is 2.58 bits per heavy atom. The molecule has 1 aromatic carbocycles. The normalized spacial score (nSPS) is 11.2. The summed E-state index contributed by atoms with van der Waals surface area (Å²) in [5.41, 5.74) is -0.244. The fourth-order valence-corrected chi connectivity index (χ4v) is 2.36. The average Bonchev–Trinajstić information content (AvgIpc) is 2.73. The van der Waals surface area contributed by atoms with Crippen LogP contribution in [0.2, 0.25) is 5.02 Å². The summed E-state index contributed by atoms with van der Waals surface area (Å²) >= 11 is 6.17. The standard InChI is InChI=1S/C16H19ClN4O5/c1-9-13(21(23)24)14(20(5)19-9)25-12-7-6-10(8-11(12)17)18-15(22)26-16(2,3)4/h6-8H,1-5H3,(H,18,22). The van der Waals surface area contributed by atoms with Crippen molar-refractivity contribution in [1.29, 1.82) is 0 Å². The van der Waals surface area contributed by atoms with E-state index >= 15 is 0 Å². The summed E-state index contributed by atoms with van der Waals surface area (Å²) in [6, 6.07) is 4.48. The predicted molar refractivity (Wildman–Crippen MR) is 96.0 cm³/mol. The predicted octanol–water partition coefficient (Wildman–Crippen LogP) is 4.43. The van der Waals surface area contributed by atoms with Crippen molar-refractivity contribution in [3.05, 3.63) is 39.0 Å². The van der Waals surface area contributed by atoms with E-state index in [4.69, 9.17) is 21.1 Å². The lowest BCUT2D eigenvalue weighted by Crippen LogP contribution is -2.27. The second-order valence-corrected chi connectivity index (χ2v) is 6.90. The number of carbonyl (C=O) groups is 1. The zero-order valence-electron chi connectivity index (χ0n) is 15.0. The number of rotatable bonds is 4. The minimum atomic E-state index is -0.632. The van der Waals surface area contributed by atoms with Gasteiger partial charge in [-0.1, -0.05) is 11.6 Å². The van der Waals surface area contributed by atoms with Gasteiger partial charge in [-0.15, -0.1) is 0 Å². The first-order chi connectivity index (χ1) is 12.0. The molecule has 0 unspecified atom stereocenters. The summed E-state index contributed by atoms with van der Waals surface area (Å²) in [5.74, 6) is 0.148. The topological polar surface area (TPSA) is 109 Å². The smallest absolute Gasteiger partial charge is 0.412 e. The minimum absolute atomic E-state index is 0.0396. The molecular weight excluding hydrogens is 364 g/mol. The molecule has 0 aliphatic rings. The van der Waals surface area contributed by atoms with Gasteiger partial charge < -0.3 is 9.47 Å². The molecule has 0 saturated heterocycles. The molecule has 0 aliphatic heterocycles. The largest absolute Gasteiger partial charge is 0.444 e. The molecule has 0 aliphatic carbocycles. The fraction of sp³-hybridized carbons (Fsp3) is 0.375. The summed E-state index contributed by atoms with van der Waals surface area (Å²) in [6.07, 6.45) is -0.625. The van der Waals surface area contributed by atoms with Gasteiger partial charge in [0.05, 0.1) is 9.95 Å². The quantitative estimate of drug-likeness (QED) is 0.618. The number of aryl methyl sites for hydroxylation is 2. The highest BCUT2D eigenvalue weighted by Gasteiger charge is 2.26. The first kappa shape index (κ1) is 19.5. The Morgan fingerprint density at radius 2 is 2.04 bits per heavy atom. The number of halogens is 1. The first-order valence-corrected chi connectivity index (χ1v) is 8.01. The molecule has 2 rings (SSSR count). The molecule has 0 saturated carbocycles. The molecule has 0 atom stereocenters. The fourth-order valence-electron chi connectivity index (χ4n) is 2.14. The van der Waals surface area contributed by atoms with Crippen LogP contribution < -0.4 is 10.1 Å². The molecule has 0 fully saturated rings. The molecule has 0 bridgehead atoms. The number of nitrogens with zero attached hydrogens (tertiary/aromatic N) is 3. The maximum absolute atomic E-state index is 11.8. The monoisotopic (exact) mass is 382 g/mol. The van der Waals surface area contributed by atoms with Crippen molar-refractivity contribution >= 4 is 29.1 Å². The van der Waals surface area contributed by atoms with E-state index in [1.807, 2.05) is 0 Å². The van der Waals surface area contributed by atoms with Gasteiger partial charge in [-0.3, -0.25) is 15.4 Å². The van der Waals surface area contributed by atoms with Crippen LogP contribution in [0.1, 0.15) is 26.5 Å². The lowest BCUT2D eigenvalue weighted by atomic mass is 10.2. The molecule has 1 N–H and O–H groups in total. The highest BCUT2D eigenvalue weighted by atomic mass is 35.5. The minimum Gasteiger partial charge on any atom is -0.444 e. The Bertz CT molecular complexity index is 857. The van der Waals surface area contributed by atoms with Gasteiger partial charge in [-0.25, -0.2) is 9.48 Å². The Balaban J connectivity index is 2.21. The molecule has 1 heterocycles. The molecule has 140 valence electrons. The third-order valence-corrected chi connectivity index (χ3v) is 3.40. The third-order valence-electron chi connectivity index (χ3n) is 3.11. The van der Waals surface area contributed by atoms with Crippen LogP contribution in [-0.4, -0.2) is 26.4 Å². The summed E-state index contributed by atoms with van der Waals surface area (Å²) in [6.45, 7) is 6.76. The van der Waals surface area contributed by atoms with Crippen molar-refractivity contribution < 1.29 is 19.2 Å². The third kappa shape index (κ3) is 4.63. The number of hydrogen-bond donors (Lipinski definition) is 1. The molecular formula is C16H19ClN4O5. The van der Waals surface area contributed by atoms with E-state index < -0.39 is 16.6 Å². The number of nitrogens with one attached hydrogen (secondary N) is 1. The van der Waals surface area contributed by atoms with Crippen LogP contribution in [0.3, 0.4) is 0 Å². The van der Waals surface area contributed by atoms with Gasteiger partial charge in [0.15, 0.2) is 0 Å². The van der Waals surface area contributed by atoms with Crippen molar-refractivity contribution in [1.82, 2.24) is 9.78 Å². The average molecular weight is 383 g/mol. The Hall–Kier alpha value is -2.81. The van der Waals surface area contributed by atoms with Crippen molar-refractivity contribution in [2.24, 2.45) is 7.05 Å². The van der Waals surface area contributed by atoms with E-state index in [1.54, 1.807) is 26.8 Å². The van der Waals surface area contributed by atoms with Gasteiger partial charge in [-0.2, -0.15) is 5.10 Å². The summed E-state index contributed by atoms with van der Waals surface area (Å²) in [7, 11) is 1.53. The van der Waals surface area contributed by atoms with E-state index in [2.05, 4.69) is 10.4 Å². The zero-order valence-corrected chi connectivity index (χ0v) is 15.7. The Labute approximate surface area is 155 Å². The van der Waals surface area contributed by atoms with E-state index in [9.17, 15) is 14.9 Å². The lowest BCUT2D eigenvalue weighted by Gasteiger charge is -2.19. The molecule has 10 heteroatoms. The van der Waals surface area contributed by atoms with Crippen molar-refractivity contribution in [3.63, 3.8) is 0 Å². The second-order valence-electron chi connectivity index (χ2n) is 6.49. The molecule has 26 heavy (non-hydrogen) atoms. The van der Waals surface area contributed by atoms with Crippen molar-refractivity contribution in [2.45, 2.75) is 33.3 Å².